The number of nitrogens with one attached hydrogen (secondary N) is 4. The Balaban J connectivity index is 1.61. The number of hydrogen-bond donors (Lipinski definition) is 4. The summed E-state index contributed by atoms with van der Waals surface area (Å²) in [6, 6.07) is 8.21. The van der Waals surface area contributed by atoms with Crippen molar-refractivity contribution in [3.63, 3.8) is 0 Å². The lowest BCUT2D eigenvalue weighted by Gasteiger charge is -2.14. The number of aromatic nitrogens is 2. The summed E-state index contributed by atoms with van der Waals surface area (Å²) in [6.07, 6.45) is -1.22. The summed E-state index contributed by atoms with van der Waals surface area (Å²) >= 11 is 0. The Bertz CT molecular complexity index is 1280. The molecule has 0 radical (unpaired) electrons. The number of aromatic amines is 1. The number of benzene rings is 1. The average molecular weight is 467 g/mol. The lowest BCUT2D eigenvalue weighted by Crippen LogP contribution is -2.37. The maximum Gasteiger partial charge on any atom is 0.402 e. The zero-order valence-electron chi connectivity index (χ0n) is 16.9. The molecule has 1 saturated carbocycles. The minimum Gasteiger partial charge on any atom is -0.346 e. The second-order valence-electron chi connectivity index (χ2n) is 7.63. The van der Waals surface area contributed by atoms with Crippen molar-refractivity contribution >= 4 is 38.7 Å². The first-order valence-electron chi connectivity index (χ1n) is 9.75. The maximum atomic E-state index is 12.3. The van der Waals surface area contributed by atoms with Gasteiger partial charge < -0.3 is 10.3 Å². The molecule has 1 aliphatic carbocycles. The van der Waals surface area contributed by atoms with E-state index in [0.29, 0.717) is 17.0 Å². The predicted molar refractivity (Wildman–Crippen MR) is 114 cm³/mol. The quantitative estimate of drug-likeness (QED) is 0.424. The van der Waals surface area contributed by atoms with Gasteiger partial charge in [-0.25, -0.2) is 4.98 Å². The molecule has 170 valence electrons. The van der Waals surface area contributed by atoms with Crippen LogP contribution in [0.1, 0.15) is 18.4 Å². The third-order valence-electron chi connectivity index (χ3n) is 4.96. The molecule has 0 bridgehead atoms. The molecule has 4 N–H and O–H groups in total. The predicted octanol–water partition coefficient (Wildman–Crippen LogP) is 3.70. The first kappa shape index (κ1) is 22.1. The SMILES string of the molecule is Cc1cc(NS(=O)(=O)NCC(F)(F)F)ccc1-c1cc(NC(=O)C2CC2)nc2[nH]ccc12. The number of halogens is 3. The lowest BCUT2D eigenvalue weighted by molar-refractivity contribution is -0.121. The normalized spacial score (nSPS) is 14.5. The summed E-state index contributed by atoms with van der Waals surface area (Å²) in [7, 11) is -4.39. The molecule has 8 nitrogen and oxygen atoms in total. The molecule has 0 atom stereocenters. The van der Waals surface area contributed by atoms with Crippen LogP contribution in [-0.4, -0.2) is 37.0 Å². The van der Waals surface area contributed by atoms with Gasteiger partial charge in [-0.1, -0.05) is 6.07 Å². The van der Waals surface area contributed by atoms with Gasteiger partial charge in [-0.3, -0.25) is 9.52 Å². The number of nitrogens with zero attached hydrogens (tertiary/aromatic N) is 1. The topological polar surface area (TPSA) is 116 Å². The summed E-state index contributed by atoms with van der Waals surface area (Å²) in [5, 5.41) is 3.63. The van der Waals surface area contributed by atoms with Gasteiger partial charge >= 0.3 is 6.18 Å². The van der Waals surface area contributed by atoms with Crippen molar-refractivity contribution in [3.8, 4) is 11.1 Å². The second-order valence-corrected chi connectivity index (χ2v) is 9.13. The van der Waals surface area contributed by atoms with E-state index in [-0.39, 0.29) is 17.5 Å². The van der Waals surface area contributed by atoms with Crippen LogP contribution in [0.5, 0.6) is 0 Å². The van der Waals surface area contributed by atoms with Gasteiger partial charge in [-0.15, -0.1) is 0 Å². The standard InChI is InChI=1S/C20H20F3N5O3S/c1-11-8-13(28-32(30,31)25-10-20(21,22)23)4-5-14(11)16-9-17(27-19(29)12-2-3-12)26-18-15(16)6-7-24-18/h4-9,12,25,28H,2-3,10H2,1H3,(H2,24,26,27,29). The third kappa shape index (κ3) is 5.19. The van der Waals surface area contributed by atoms with E-state index in [1.807, 2.05) is 6.07 Å². The second kappa shape index (κ2) is 8.10. The van der Waals surface area contributed by atoms with Gasteiger partial charge in [0.2, 0.25) is 5.91 Å². The van der Waals surface area contributed by atoms with Gasteiger partial charge in [0, 0.05) is 17.5 Å². The Labute approximate surface area is 181 Å². The minimum absolute atomic E-state index is 0.0135. The highest BCUT2D eigenvalue weighted by atomic mass is 32.2. The summed E-state index contributed by atoms with van der Waals surface area (Å²) in [5.41, 5.74) is 2.89. The minimum atomic E-state index is -4.66. The molecule has 0 aliphatic heterocycles. The Hall–Kier alpha value is -3.12. The lowest BCUT2D eigenvalue weighted by atomic mass is 9.98. The molecule has 0 saturated heterocycles. The zero-order valence-corrected chi connectivity index (χ0v) is 17.7. The van der Waals surface area contributed by atoms with E-state index in [9.17, 15) is 26.4 Å². The molecule has 1 aromatic carbocycles. The van der Waals surface area contributed by atoms with E-state index >= 15 is 0 Å². The Morgan fingerprint density at radius 1 is 1.19 bits per heavy atom. The molecule has 0 unspecified atom stereocenters. The van der Waals surface area contributed by atoms with Gasteiger partial charge in [-0.05, 0) is 60.7 Å². The number of hydrogen-bond acceptors (Lipinski definition) is 4. The molecule has 2 heterocycles. The Morgan fingerprint density at radius 3 is 2.59 bits per heavy atom. The van der Waals surface area contributed by atoms with E-state index in [0.717, 1.165) is 29.4 Å². The van der Waals surface area contributed by atoms with Crippen molar-refractivity contribution in [2.24, 2.45) is 5.92 Å². The van der Waals surface area contributed by atoms with Crippen molar-refractivity contribution in [2.75, 3.05) is 16.6 Å². The highest BCUT2D eigenvalue weighted by Gasteiger charge is 2.30. The van der Waals surface area contributed by atoms with Crippen LogP contribution in [0.15, 0.2) is 36.5 Å². The molecule has 12 heteroatoms. The fourth-order valence-corrected chi connectivity index (χ4v) is 4.16. The highest BCUT2D eigenvalue weighted by Crippen LogP contribution is 2.35. The van der Waals surface area contributed by atoms with E-state index in [4.69, 9.17) is 0 Å². The molecule has 0 spiro atoms. The van der Waals surface area contributed by atoms with E-state index in [1.165, 1.54) is 16.9 Å². The van der Waals surface area contributed by atoms with E-state index in [1.54, 1.807) is 25.3 Å². The van der Waals surface area contributed by atoms with Crippen LogP contribution >= 0.6 is 0 Å². The maximum absolute atomic E-state index is 12.3. The van der Waals surface area contributed by atoms with Gasteiger partial charge in [0.15, 0.2) is 0 Å². The van der Waals surface area contributed by atoms with Crippen molar-refractivity contribution in [3.05, 3.63) is 42.1 Å². The fraction of sp³-hybridized carbons (Fsp3) is 0.300. The number of amides is 1. The molecule has 2 aromatic heterocycles. The number of rotatable bonds is 7. The first-order valence-corrected chi connectivity index (χ1v) is 11.2. The molecule has 32 heavy (non-hydrogen) atoms. The number of H-pyrrole nitrogens is 1. The largest absolute Gasteiger partial charge is 0.402 e. The van der Waals surface area contributed by atoms with E-state index < -0.39 is 22.9 Å². The van der Waals surface area contributed by atoms with Crippen LogP contribution in [0.4, 0.5) is 24.7 Å². The number of aryl methyl sites for hydroxylation is 1. The van der Waals surface area contributed by atoms with Gasteiger partial charge in [-0.2, -0.15) is 26.3 Å². The van der Waals surface area contributed by atoms with Crippen molar-refractivity contribution < 1.29 is 26.4 Å². The smallest absolute Gasteiger partial charge is 0.346 e. The molecule has 1 aliphatic rings. The monoisotopic (exact) mass is 467 g/mol. The number of carbonyl (C=O) groups excluding carboxylic acids is 1. The Kier molecular flexibility index (Phi) is 5.59. The third-order valence-corrected chi connectivity index (χ3v) is 5.99. The van der Waals surface area contributed by atoms with Gasteiger partial charge in [0.05, 0.1) is 5.69 Å². The molecular formula is C20H20F3N5O3S. The molecule has 1 amide bonds. The van der Waals surface area contributed by atoms with Crippen LogP contribution < -0.4 is 14.8 Å². The van der Waals surface area contributed by atoms with Crippen LogP contribution in [0.3, 0.4) is 0 Å². The number of alkyl halides is 3. The van der Waals surface area contributed by atoms with Crippen molar-refractivity contribution in [2.45, 2.75) is 25.9 Å². The molecule has 3 aromatic rings. The Morgan fingerprint density at radius 2 is 1.94 bits per heavy atom. The zero-order chi connectivity index (χ0) is 23.1. The number of fused-ring (bicyclic) bond motifs is 1. The van der Waals surface area contributed by atoms with E-state index in [2.05, 4.69) is 20.0 Å². The molecular weight excluding hydrogens is 447 g/mol. The summed E-state index contributed by atoms with van der Waals surface area (Å²) in [6.45, 7) is 0.0783. The van der Waals surface area contributed by atoms with Crippen LogP contribution in [0.2, 0.25) is 0 Å². The van der Waals surface area contributed by atoms with Crippen LogP contribution in [0, 0.1) is 12.8 Å². The van der Waals surface area contributed by atoms with Crippen LogP contribution in [0.25, 0.3) is 22.2 Å². The molecule has 4 rings (SSSR count). The summed E-state index contributed by atoms with van der Waals surface area (Å²) in [5.74, 6) is 0.328. The average Bonchev–Trinajstić information content (AvgIpc) is 3.44. The number of carbonyl (C=O) groups is 1. The summed E-state index contributed by atoms with van der Waals surface area (Å²) < 4.78 is 64.2. The van der Waals surface area contributed by atoms with Crippen molar-refractivity contribution in [1.82, 2.24) is 14.7 Å². The summed E-state index contributed by atoms with van der Waals surface area (Å²) in [4.78, 5) is 19.6. The van der Waals surface area contributed by atoms with Crippen LogP contribution in [-0.2, 0) is 15.0 Å². The number of pyridine rings is 1. The highest BCUT2D eigenvalue weighted by molar-refractivity contribution is 7.90. The van der Waals surface area contributed by atoms with Crippen molar-refractivity contribution in [1.29, 1.82) is 0 Å². The number of anilines is 2. The van der Waals surface area contributed by atoms with Gasteiger partial charge in [0.25, 0.3) is 10.2 Å². The first-order chi connectivity index (χ1) is 15.0. The fourth-order valence-electron chi connectivity index (χ4n) is 3.30. The molecule has 1 fully saturated rings. The van der Waals surface area contributed by atoms with Gasteiger partial charge in [0.1, 0.15) is 18.0 Å².